The molecular formula is C18H15N3O4S. The summed E-state index contributed by atoms with van der Waals surface area (Å²) in [6.07, 6.45) is 3.52. The minimum atomic E-state index is -1.13. The molecule has 1 unspecified atom stereocenters. The number of rotatable bonds is 4. The monoisotopic (exact) mass is 369 g/mol. The van der Waals surface area contributed by atoms with Gasteiger partial charge in [0, 0.05) is 41.9 Å². The van der Waals surface area contributed by atoms with Gasteiger partial charge in [0.1, 0.15) is 11.5 Å². The topological polar surface area (TPSA) is 105 Å². The fourth-order valence-corrected chi connectivity index (χ4v) is 4.36. The number of aromatic nitrogens is 2. The SMILES string of the molecule is O=C(O)C1=CN=C(C(=O)O)CSC1Cc1cn2c(n1)-c1ccccc1C2. The molecule has 0 bridgehead atoms. The summed E-state index contributed by atoms with van der Waals surface area (Å²) in [6, 6.07) is 8.07. The lowest BCUT2D eigenvalue weighted by Crippen LogP contribution is -2.20. The molecule has 1 atom stereocenters. The fraction of sp³-hybridized carbons (Fsp3) is 0.222. The second-order valence-corrected chi connectivity index (χ2v) is 7.31. The molecule has 0 radical (unpaired) electrons. The number of thioether (sulfide) groups is 1. The number of carbonyl (C=O) groups is 2. The van der Waals surface area contributed by atoms with Crippen LogP contribution in [0.2, 0.25) is 0 Å². The van der Waals surface area contributed by atoms with Crippen molar-refractivity contribution in [3.63, 3.8) is 0 Å². The maximum Gasteiger partial charge on any atom is 0.351 e. The van der Waals surface area contributed by atoms with Crippen molar-refractivity contribution in [2.75, 3.05) is 5.75 Å². The summed E-state index contributed by atoms with van der Waals surface area (Å²) in [4.78, 5) is 31.2. The van der Waals surface area contributed by atoms with Gasteiger partial charge in [0.15, 0.2) is 0 Å². The van der Waals surface area contributed by atoms with E-state index in [9.17, 15) is 14.7 Å². The van der Waals surface area contributed by atoms with Crippen LogP contribution in [0.3, 0.4) is 0 Å². The van der Waals surface area contributed by atoms with Crippen LogP contribution in [0.15, 0.2) is 47.2 Å². The maximum absolute atomic E-state index is 11.6. The van der Waals surface area contributed by atoms with E-state index in [0.717, 1.165) is 29.8 Å². The standard InChI is InChI=1S/C18H15N3O4S/c22-17(23)13-6-19-14(18(24)25)9-26-15(13)5-11-8-21-7-10-3-1-2-4-12(10)16(21)20-11/h1-4,6,8,15H,5,7,9H2,(H,22,23)(H,24,25). The number of carboxylic acid groups (broad SMARTS) is 2. The largest absolute Gasteiger partial charge is 0.478 e. The van der Waals surface area contributed by atoms with Gasteiger partial charge in [-0.2, -0.15) is 0 Å². The molecule has 0 amide bonds. The predicted octanol–water partition coefficient (Wildman–Crippen LogP) is 2.06. The van der Waals surface area contributed by atoms with Crippen LogP contribution in [-0.2, 0) is 22.6 Å². The molecule has 0 saturated carbocycles. The molecule has 0 fully saturated rings. The highest BCUT2D eigenvalue weighted by atomic mass is 32.2. The number of carboxylic acids is 2. The molecular weight excluding hydrogens is 354 g/mol. The van der Waals surface area contributed by atoms with Crippen LogP contribution in [0.5, 0.6) is 0 Å². The molecule has 132 valence electrons. The predicted molar refractivity (Wildman–Crippen MR) is 97.5 cm³/mol. The zero-order valence-electron chi connectivity index (χ0n) is 13.6. The summed E-state index contributed by atoms with van der Waals surface area (Å²) >= 11 is 1.27. The van der Waals surface area contributed by atoms with Gasteiger partial charge in [-0.15, -0.1) is 11.8 Å². The van der Waals surface area contributed by atoms with Crippen molar-refractivity contribution in [3.05, 3.63) is 53.5 Å². The maximum atomic E-state index is 11.6. The van der Waals surface area contributed by atoms with Crippen LogP contribution in [0, 0.1) is 0 Å². The van der Waals surface area contributed by atoms with Crippen molar-refractivity contribution in [3.8, 4) is 11.4 Å². The number of fused-ring (bicyclic) bond motifs is 3. The average Bonchev–Trinajstić information content (AvgIpc) is 3.04. The Bertz CT molecular complexity index is 977. The number of imidazole rings is 1. The second-order valence-electron chi connectivity index (χ2n) is 6.12. The molecule has 0 spiro atoms. The summed E-state index contributed by atoms with van der Waals surface area (Å²) in [5.74, 6) is -1.17. The summed E-state index contributed by atoms with van der Waals surface area (Å²) in [6.45, 7) is 0.754. The Balaban J connectivity index is 1.59. The molecule has 8 heteroatoms. The van der Waals surface area contributed by atoms with Gasteiger partial charge in [-0.1, -0.05) is 24.3 Å². The van der Waals surface area contributed by atoms with Crippen LogP contribution < -0.4 is 0 Å². The van der Waals surface area contributed by atoms with E-state index in [4.69, 9.17) is 5.11 Å². The summed E-state index contributed by atoms with van der Waals surface area (Å²) in [7, 11) is 0. The van der Waals surface area contributed by atoms with Crippen molar-refractivity contribution < 1.29 is 19.8 Å². The second kappa shape index (κ2) is 6.45. The van der Waals surface area contributed by atoms with Crippen LogP contribution in [0.4, 0.5) is 0 Å². The average molecular weight is 369 g/mol. The number of aliphatic carboxylic acids is 2. The number of aliphatic imine (C=N–C) groups is 1. The van der Waals surface area contributed by atoms with Crippen molar-refractivity contribution in [2.45, 2.75) is 18.2 Å². The van der Waals surface area contributed by atoms with Crippen LogP contribution >= 0.6 is 11.8 Å². The van der Waals surface area contributed by atoms with E-state index >= 15 is 0 Å². The Morgan fingerprint density at radius 3 is 2.81 bits per heavy atom. The van der Waals surface area contributed by atoms with Gasteiger partial charge in [-0.05, 0) is 5.56 Å². The first kappa shape index (κ1) is 16.6. The van der Waals surface area contributed by atoms with E-state index in [2.05, 4.69) is 20.6 Å². The molecule has 3 heterocycles. The van der Waals surface area contributed by atoms with E-state index in [1.54, 1.807) is 0 Å². The fourth-order valence-electron chi connectivity index (χ4n) is 3.17. The highest BCUT2D eigenvalue weighted by Gasteiger charge is 2.28. The molecule has 2 N–H and O–H groups in total. The molecule has 0 saturated heterocycles. The zero-order valence-corrected chi connectivity index (χ0v) is 14.4. The van der Waals surface area contributed by atoms with E-state index in [1.807, 2.05) is 24.4 Å². The smallest absolute Gasteiger partial charge is 0.351 e. The summed E-state index contributed by atoms with van der Waals surface area (Å²) < 4.78 is 2.06. The lowest BCUT2D eigenvalue weighted by Gasteiger charge is -2.14. The Kier molecular flexibility index (Phi) is 4.12. The van der Waals surface area contributed by atoms with Crippen LogP contribution in [0.1, 0.15) is 11.3 Å². The van der Waals surface area contributed by atoms with Gasteiger partial charge in [0.2, 0.25) is 0 Å². The minimum absolute atomic E-state index is 0.0440. The highest BCUT2D eigenvalue weighted by molar-refractivity contribution is 8.00. The van der Waals surface area contributed by atoms with Crippen molar-refractivity contribution in [2.24, 2.45) is 4.99 Å². The molecule has 2 aromatic rings. The highest BCUT2D eigenvalue weighted by Crippen LogP contribution is 2.33. The van der Waals surface area contributed by atoms with Gasteiger partial charge < -0.3 is 14.8 Å². The molecule has 0 aliphatic carbocycles. The number of hydrogen-bond acceptors (Lipinski definition) is 5. The van der Waals surface area contributed by atoms with Crippen LogP contribution in [0.25, 0.3) is 11.4 Å². The normalized spacial score (nSPS) is 18.4. The first-order valence-electron chi connectivity index (χ1n) is 8.02. The molecule has 1 aromatic carbocycles. The summed E-state index contributed by atoms with van der Waals surface area (Å²) in [5, 5.41) is 18.2. The third-order valence-electron chi connectivity index (χ3n) is 4.44. The van der Waals surface area contributed by atoms with Gasteiger partial charge in [0.25, 0.3) is 0 Å². The lowest BCUT2D eigenvalue weighted by molar-refractivity contribution is -0.133. The molecule has 26 heavy (non-hydrogen) atoms. The van der Waals surface area contributed by atoms with Gasteiger partial charge in [-0.3, -0.25) is 4.99 Å². The quantitative estimate of drug-likeness (QED) is 0.729. The van der Waals surface area contributed by atoms with Crippen molar-refractivity contribution >= 4 is 29.4 Å². The molecule has 1 aromatic heterocycles. The third-order valence-corrected chi connectivity index (χ3v) is 5.70. The summed E-state index contributed by atoms with van der Waals surface area (Å²) in [5.41, 5.74) is 3.16. The number of hydrogen-bond donors (Lipinski definition) is 2. The van der Waals surface area contributed by atoms with E-state index in [-0.39, 0.29) is 17.0 Å². The number of benzene rings is 1. The Morgan fingerprint density at radius 2 is 2.04 bits per heavy atom. The van der Waals surface area contributed by atoms with E-state index in [0.29, 0.717) is 6.42 Å². The van der Waals surface area contributed by atoms with Gasteiger partial charge >= 0.3 is 11.9 Å². The molecule has 4 rings (SSSR count). The van der Waals surface area contributed by atoms with Crippen LogP contribution in [-0.4, -0.2) is 48.4 Å². The Labute approximate surface area is 153 Å². The van der Waals surface area contributed by atoms with Crippen molar-refractivity contribution in [1.82, 2.24) is 9.55 Å². The van der Waals surface area contributed by atoms with Crippen molar-refractivity contribution in [1.29, 1.82) is 0 Å². The Morgan fingerprint density at radius 1 is 1.23 bits per heavy atom. The molecule has 2 aliphatic rings. The van der Waals surface area contributed by atoms with Gasteiger partial charge in [0.05, 0.1) is 11.3 Å². The van der Waals surface area contributed by atoms with E-state index in [1.165, 1.54) is 17.3 Å². The van der Waals surface area contributed by atoms with E-state index < -0.39 is 17.2 Å². The lowest BCUT2D eigenvalue weighted by atomic mass is 10.1. The van der Waals surface area contributed by atoms with Gasteiger partial charge in [-0.25, -0.2) is 14.6 Å². The molecule has 2 aliphatic heterocycles. The Hall–Kier alpha value is -2.87. The number of nitrogens with zero attached hydrogens (tertiary/aromatic N) is 3. The first-order chi connectivity index (χ1) is 12.5. The first-order valence-corrected chi connectivity index (χ1v) is 9.07. The minimum Gasteiger partial charge on any atom is -0.478 e. The zero-order chi connectivity index (χ0) is 18.3. The molecule has 7 nitrogen and oxygen atoms in total. The third kappa shape index (κ3) is 2.92.